The third-order valence-electron chi connectivity index (χ3n) is 3.69. The Bertz CT molecular complexity index is 561. The van der Waals surface area contributed by atoms with Crippen LogP contribution in [0.5, 0.6) is 5.75 Å². The van der Waals surface area contributed by atoms with Crippen molar-refractivity contribution in [3.8, 4) is 5.75 Å². The third kappa shape index (κ3) is 3.67. The highest BCUT2D eigenvalue weighted by atomic mass is 19.2. The zero-order valence-electron chi connectivity index (χ0n) is 13.0. The zero-order valence-corrected chi connectivity index (χ0v) is 13.0. The number of hydrogen-bond acceptors (Lipinski definition) is 3. The maximum absolute atomic E-state index is 13.4. The topological polar surface area (TPSA) is 49.8 Å². The normalized spacial score (nSPS) is 16.7. The Labute approximate surface area is 128 Å². The molecule has 122 valence electrons. The first kappa shape index (κ1) is 16.5. The van der Waals surface area contributed by atoms with Crippen LogP contribution in [-0.2, 0) is 4.74 Å². The summed E-state index contributed by atoms with van der Waals surface area (Å²) < 4.78 is 31.8. The van der Waals surface area contributed by atoms with Crippen molar-refractivity contribution < 1.29 is 23.4 Å². The number of carbonyl (C=O) groups is 1. The first-order valence-corrected chi connectivity index (χ1v) is 7.34. The number of hydrogen-bond donors (Lipinski definition) is 1. The summed E-state index contributed by atoms with van der Waals surface area (Å²) in [6.45, 7) is 6.32. The first-order valence-electron chi connectivity index (χ1n) is 7.34. The SMILES string of the molecule is CC(C)(C)OC(=O)N1CCC(c2ccc(F)c(F)c2O)CC1. The van der Waals surface area contributed by atoms with E-state index in [0.29, 0.717) is 31.5 Å². The van der Waals surface area contributed by atoms with E-state index in [0.717, 1.165) is 6.07 Å². The molecule has 6 heteroatoms. The summed E-state index contributed by atoms with van der Waals surface area (Å²) in [4.78, 5) is 13.6. The predicted molar refractivity (Wildman–Crippen MR) is 77.8 cm³/mol. The molecule has 1 fully saturated rings. The second kappa shape index (κ2) is 6.10. The number of carbonyl (C=O) groups excluding carboxylic acids is 1. The summed E-state index contributed by atoms with van der Waals surface area (Å²) in [7, 11) is 0. The number of likely N-dealkylation sites (tertiary alicyclic amines) is 1. The molecule has 0 aliphatic carbocycles. The van der Waals surface area contributed by atoms with Gasteiger partial charge in [0, 0.05) is 18.7 Å². The fourth-order valence-electron chi connectivity index (χ4n) is 2.58. The van der Waals surface area contributed by atoms with Gasteiger partial charge in [-0.05, 0) is 45.6 Å². The number of benzene rings is 1. The van der Waals surface area contributed by atoms with E-state index < -0.39 is 23.0 Å². The Morgan fingerprint density at radius 2 is 1.86 bits per heavy atom. The molecule has 0 saturated carbocycles. The van der Waals surface area contributed by atoms with E-state index in [2.05, 4.69) is 0 Å². The maximum Gasteiger partial charge on any atom is 0.410 e. The van der Waals surface area contributed by atoms with Crippen molar-refractivity contribution in [1.29, 1.82) is 0 Å². The molecular weight excluding hydrogens is 292 g/mol. The average molecular weight is 313 g/mol. The summed E-state index contributed by atoms with van der Waals surface area (Å²) in [5.74, 6) is -3.01. The van der Waals surface area contributed by atoms with Gasteiger partial charge in [0.2, 0.25) is 5.82 Å². The molecule has 0 unspecified atom stereocenters. The molecule has 1 heterocycles. The van der Waals surface area contributed by atoms with Crippen LogP contribution in [-0.4, -0.2) is 34.8 Å². The first-order chi connectivity index (χ1) is 10.2. The molecular formula is C16H21F2NO3. The summed E-state index contributed by atoms with van der Waals surface area (Å²) in [5.41, 5.74) is -0.158. The highest BCUT2D eigenvalue weighted by Crippen LogP contribution is 2.36. The predicted octanol–water partition coefficient (Wildman–Crippen LogP) is 3.78. The van der Waals surface area contributed by atoms with Crippen molar-refractivity contribution in [2.24, 2.45) is 0 Å². The van der Waals surface area contributed by atoms with Gasteiger partial charge in [0.15, 0.2) is 11.6 Å². The van der Waals surface area contributed by atoms with Crippen LogP contribution >= 0.6 is 0 Å². The standard InChI is InChI=1S/C16H21F2NO3/c1-16(2,3)22-15(21)19-8-6-10(7-9-19)11-4-5-12(17)13(18)14(11)20/h4-5,10,20H,6-9H2,1-3H3. The molecule has 1 aliphatic rings. The van der Waals surface area contributed by atoms with Gasteiger partial charge in [-0.25, -0.2) is 9.18 Å². The summed E-state index contributed by atoms with van der Waals surface area (Å²) in [6, 6.07) is 2.42. The zero-order chi connectivity index (χ0) is 16.5. The van der Waals surface area contributed by atoms with E-state index in [1.165, 1.54) is 6.07 Å². The lowest BCUT2D eigenvalue weighted by Gasteiger charge is -2.33. The number of rotatable bonds is 1. The van der Waals surface area contributed by atoms with Gasteiger partial charge in [-0.2, -0.15) is 4.39 Å². The highest BCUT2D eigenvalue weighted by Gasteiger charge is 2.29. The molecule has 0 radical (unpaired) electrons. The van der Waals surface area contributed by atoms with Crippen molar-refractivity contribution in [3.05, 3.63) is 29.3 Å². The molecule has 4 nitrogen and oxygen atoms in total. The van der Waals surface area contributed by atoms with Gasteiger partial charge in [0.05, 0.1) is 0 Å². The molecule has 0 spiro atoms. The second-order valence-electron chi connectivity index (χ2n) is 6.54. The van der Waals surface area contributed by atoms with E-state index in [-0.39, 0.29) is 12.0 Å². The minimum atomic E-state index is -1.22. The average Bonchev–Trinajstić information content (AvgIpc) is 2.43. The smallest absolute Gasteiger partial charge is 0.410 e. The number of halogens is 2. The Hall–Kier alpha value is -1.85. The molecule has 1 amide bonds. The van der Waals surface area contributed by atoms with Gasteiger partial charge >= 0.3 is 6.09 Å². The van der Waals surface area contributed by atoms with Crippen LogP contribution in [0.2, 0.25) is 0 Å². The minimum Gasteiger partial charge on any atom is -0.505 e. The van der Waals surface area contributed by atoms with Crippen molar-refractivity contribution >= 4 is 6.09 Å². The fourth-order valence-corrected chi connectivity index (χ4v) is 2.58. The molecule has 1 saturated heterocycles. The quantitative estimate of drug-likeness (QED) is 0.858. The van der Waals surface area contributed by atoms with Crippen LogP contribution < -0.4 is 0 Å². The van der Waals surface area contributed by atoms with Crippen LogP contribution in [0, 0.1) is 11.6 Å². The van der Waals surface area contributed by atoms with Crippen molar-refractivity contribution in [1.82, 2.24) is 4.90 Å². The molecule has 1 aromatic carbocycles. The van der Waals surface area contributed by atoms with Crippen LogP contribution in [0.3, 0.4) is 0 Å². The van der Waals surface area contributed by atoms with Gasteiger partial charge < -0.3 is 14.7 Å². The molecule has 1 aliphatic heterocycles. The number of aromatic hydroxyl groups is 1. The number of nitrogens with zero attached hydrogens (tertiary/aromatic N) is 1. The van der Waals surface area contributed by atoms with Gasteiger partial charge in [-0.1, -0.05) is 6.07 Å². The molecule has 1 aromatic rings. The molecule has 1 N–H and O–H groups in total. The Kier molecular flexibility index (Phi) is 4.58. The third-order valence-corrected chi connectivity index (χ3v) is 3.69. The number of phenols is 1. The van der Waals surface area contributed by atoms with Crippen molar-refractivity contribution in [2.45, 2.75) is 45.1 Å². The largest absolute Gasteiger partial charge is 0.505 e. The molecule has 2 rings (SSSR count). The van der Waals surface area contributed by atoms with E-state index in [1.54, 1.807) is 25.7 Å². The number of amides is 1. The Morgan fingerprint density at radius 3 is 2.41 bits per heavy atom. The van der Waals surface area contributed by atoms with E-state index in [1.807, 2.05) is 0 Å². The molecule has 0 atom stereocenters. The lowest BCUT2D eigenvalue weighted by Crippen LogP contribution is -2.41. The number of ether oxygens (including phenoxy) is 1. The van der Waals surface area contributed by atoms with Crippen LogP contribution in [0.4, 0.5) is 13.6 Å². The second-order valence-corrected chi connectivity index (χ2v) is 6.54. The maximum atomic E-state index is 13.4. The van der Waals surface area contributed by atoms with Crippen molar-refractivity contribution in [3.63, 3.8) is 0 Å². The Balaban J connectivity index is 2.01. The van der Waals surface area contributed by atoms with E-state index in [4.69, 9.17) is 4.74 Å². The van der Waals surface area contributed by atoms with Gasteiger partial charge in [-0.15, -0.1) is 0 Å². The van der Waals surface area contributed by atoms with Crippen LogP contribution in [0.25, 0.3) is 0 Å². The van der Waals surface area contributed by atoms with Gasteiger partial charge in [0.25, 0.3) is 0 Å². The van der Waals surface area contributed by atoms with Crippen LogP contribution in [0.1, 0.15) is 45.1 Å². The fraction of sp³-hybridized carbons (Fsp3) is 0.562. The van der Waals surface area contributed by atoms with Gasteiger partial charge in [0.1, 0.15) is 5.60 Å². The van der Waals surface area contributed by atoms with E-state index in [9.17, 15) is 18.7 Å². The lowest BCUT2D eigenvalue weighted by molar-refractivity contribution is 0.0204. The molecule has 0 bridgehead atoms. The van der Waals surface area contributed by atoms with E-state index >= 15 is 0 Å². The minimum absolute atomic E-state index is 0.103. The van der Waals surface area contributed by atoms with Crippen LogP contribution in [0.15, 0.2) is 12.1 Å². The summed E-state index contributed by atoms with van der Waals surface area (Å²) in [5, 5.41) is 9.74. The van der Waals surface area contributed by atoms with Crippen molar-refractivity contribution in [2.75, 3.05) is 13.1 Å². The monoisotopic (exact) mass is 313 g/mol. The molecule has 0 aromatic heterocycles. The number of phenolic OH excluding ortho intramolecular Hbond substituents is 1. The van der Waals surface area contributed by atoms with Gasteiger partial charge in [-0.3, -0.25) is 0 Å². The summed E-state index contributed by atoms with van der Waals surface area (Å²) in [6.07, 6.45) is 0.760. The summed E-state index contributed by atoms with van der Waals surface area (Å²) >= 11 is 0. The lowest BCUT2D eigenvalue weighted by atomic mass is 9.89. The molecule has 22 heavy (non-hydrogen) atoms. The Morgan fingerprint density at radius 1 is 1.27 bits per heavy atom. The number of piperidine rings is 1. The highest BCUT2D eigenvalue weighted by molar-refractivity contribution is 5.68.